The highest BCUT2D eigenvalue weighted by Gasteiger charge is 2.50. The standard InChI is InChI=1S/C36H43N3O2/c1-25-15-26(5-10-34(25)31-3-2-4-33(40)19-31)23-38-11-13-39(14-12-38)32-8-6-30(7-9-32)35(41)37-24-36-20-27-16-28(21-36)18-29(17-27)22-36/h2-10,15,19,27-29,40H,11-14,16-18,20-24H2,1H3,(H,37,41). The number of phenolic OH excluding ortho intramolecular Hbond substituents is 1. The minimum absolute atomic E-state index is 0.0856. The molecule has 214 valence electrons. The van der Waals surface area contributed by atoms with E-state index in [9.17, 15) is 9.90 Å². The Bertz CT molecular complexity index is 1370. The molecule has 1 heterocycles. The molecular weight excluding hydrogens is 506 g/mol. The number of phenols is 1. The number of amides is 1. The average molecular weight is 550 g/mol. The van der Waals surface area contributed by atoms with Gasteiger partial charge in [0, 0.05) is 50.5 Å². The molecule has 3 aromatic carbocycles. The van der Waals surface area contributed by atoms with E-state index in [1.165, 1.54) is 60.9 Å². The number of carbonyl (C=O) groups excluding carboxylic acids is 1. The predicted octanol–water partition coefficient (Wildman–Crippen LogP) is 6.64. The first-order valence-electron chi connectivity index (χ1n) is 15.7. The van der Waals surface area contributed by atoms with Gasteiger partial charge in [0.1, 0.15) is 5.75 Å². The van der Waals surface area contributed by atoms with Gasteiger partial charge in [-0.25, -0.2) is 0 Å². The summed E-state index contributed by atoms with van der Waals surface area (Å²) < 4.78 is 0. The maximum absolute atomic E-state index is 13.0. The van der Waals surface area contributed by atoms with Crippen LogP contribution in [0.3, 0.4) is 0 Å². The normalized spacial score (nSPS) is 27.2. The number of nitrogens with zero attached hydrogens (tertiary/aromatic N) is 2. The molecule has 4 bridgehead atoms. The van der Waals surface area contributed by atoms with Gasteiger partial charge in [-0.2, -0.15) is 0 Å². The molecule has 4 saturated carbocycles. The number of rotatable bonds is 7. The molecule has 0 atom stereocenters. The van der Waals surface area contributed by atoms with E-state index in [2.05, 4.69) is 52.4 Å². The summed E-state index contributed by atoms with van der Waals surface area (Å²) in [6.07, 6.45) is 8.31. The van der Waals surface area contributed by atoms with Crippen molar-refractivity contribution in [3.63, 3.8) is 0 Å². The summed E-state index contributed by atoms with van der Waals surface area (Å²) in [5.74, 6) is 3.13. The first-order chi connectivity index (χ1) is 19.9. The second-order valence-corrected chi connectivity index (χ2v) is 13.6. The van der Waals surface area contributed by atoms with Crippen molar-refractivity contribution < 1.29 is 9.90 Å². The Morgan fingerprint density at radius 2 is 1.56 bits per heavy atom. The molecule has 0 unspecified atom stereocenters. The largest absolute Gasteiger partial charge is 0.508 e. The van der Waals surface area contributed by atoms with Crippen LogP contribution >= 0.6 is 0 Å². The van der Waals surface area contributed by atoms with Crippen molar-refractivity contribution >= 4 is 11.6 Å². The van der Waals surface area contributed by atoms with Crippen LogP contribution in [-0.4, -0.2) is 48.6 Å². The molecule has 0 radical (unpaired) electrons. The SMILES string of the molecule is Cc1cc(CN2CCN(c3ccc(C(=O)NCC45CC6CC(CC(C6)C4)C5)cc3)CC2)ccc1-c1cccc(O)c1. The fourth-order valence-corrected chi connectivity index (χ4v) is 8.94. The number of anilines is 1. The number of aromatic hydroxyl groups is 1. The van der Waals surface area contributed by atoms with Crippen LogP contribution in [0.4, 0.5) is 5.69 Å². The Kier molecular flexibility index (Phi) is 7.02. The molecule has 3 aromatic rings. The van der Waals surface area contributed by atoms with Crippen molar-refractivity contribution in [2.75, 3.05) is 37.6 Å². The van der Waals surface area contributed by atoms with Gasteiger partial charge >= 0.3 is 0 Å². The molecule has 2 N–H and O–H groups in total. The van der Waals surface area contributed by atoms with E-state index in [1.54, 1.807) is 6.07 Å². The monoisotopic (exact) mass is 549 g/mol. The van der Waals surface area contributed by atoms with Gasteiger partial charge in [-0.1, -0.05) is 30.3 Å². The van der Waals surface area contributed by atoms with Crippen molar-refractivity contribution in [1.29, 1.82) is 0 Å². The second-order valence-electron chi connectivity index (χ2n) is 13.6. The van der Waals surface area contributed by atoms with Crippen molar-refractivity contribution in [1.82, 2.24) is 10.2 Å². The Labute approximate surface area is 244 Å². The van der Waals surface area contributed by atoms with E-state index < -0.39 is 0 Å². The zero-order chi connectivity index (χ0) is 28.0. The van der Waals surface area contributed by atoms with Gasteiger partial charge in [0.25, 0.3) is 5.91 Å². The molecule has 4 aliphatic carbocycles. The summed E-state index contributed by atoms with van der Waals surface area (Å²) in [6.45, 7) is 7.94. The van der Waals surface area contributed by atoms with Crippen molar-refractivity contribution in [3.05, 3.63) is 83.4 Å². The lowest BCUT2D eigenvalue weighted by Gasteiger charge is -2.56. The number of aryl methyl sites for hydroxylation is 1. The quantitative estimate of drug-likeness (QED) is 0.347. The number of carbonyl (C=O) groups is 1. The van der Waals surface area contributed by atoms with E-state index in [4.69, 9.17) is 0 Å². The number of piperazine rings is 1. The maximum atomic E-state index is 13.0. The van der Waals surface area contributed by atoms with E-state index in [0.717, 1.165) is 68.1 Å². The molecule has 0 aromatic heterocycles. The van der Waals surface area contributed by atoms with Gasteiger partial charge in [0.05, 0.1) is 0 Å². The summed E-state index contributed by atoms with van der Waals surface area (Å²) in [5.41, 5.74) is 7.12. The third-order valence-corrected chi connectivity index (χ3v) is 10.5. The Hall–Kier alpha value is -3.31. The third kappa shape index (κ3) is 5.61. The lowest BCUT2D eigenvalue weighted by molar-refractivity contribution is -0.0503. The van der Waals surface area contributed by atoms with E-state index in [1.807, 2.05) is 30.3 Å². The minimum atomic E-state index is 0.0856. The molecular formula is C36H43N3O2. The predicted molar refractivity (Wildman–Crippen MR) is 165 cm³/mol. The second kappa shape index (κ2) is 10.8. The molecule has 8 rings (SSSR count). The van der Waals surface area contributed by atoms with Gasteiger partial charge < -0.3 is 15.3 Å². The van der Waals surface area contributed by atoms with E-state index >= 15 is 0 Å². The Balaban J connectivity index is 0.904. The van der Waals surface area contributed by atoms with E-state index in [0.29, 0.717) is 11.2 Å². The Morgan fingerprint density at radius 1 is 0.878 bits per heavy atom. The fourth-order valence-electron chi connectivity index (χ4n) is 8.94. The molecule has 1 amide bonds. The highest BCUT2D eigenvalue weighted by Crippen LogP contribution is 2.59. The molecule has 5 aliphatic rings. The molecule has 5 nitrogen and oxygen atoms in total. The van der Waals surface area contributed by atoms with Crippen LogP contribution in [0.25, 0.3) is 11.1 Å². The van der Waals surface area contributed by atoms with Crippen LogP contribution in [0.15, 0.2) is 66.7 Å². The minimum Gasteiger partial charge on any atom is -0.508 e. The van der Waals surface area contributed by atoms with Gasteiger partial charge in [-0.15, -0.1) is 0 Å². The van der Waals surface area contributed by atoms with Crippen LogP contribution in [0.5, 0.6) is 5.75 Å². The first kappa shape index (κ1) is 26.6. The van der Waals surface area contributed by atoms with Gasteiger partial charge in [0.2, 0.25) is 0 Å². The summed E-state index contributed by atoms with van der Waals surface area (Å²) >= 11 is 0. The molecule has 5 heteroatoms. The molecule has 1 saturated heterocycles. The zero-order valence-electron chi connectivity index (χ0n) is 24.3. The van der Waals surface area contributed by atoms with Crippen LogP contribution in [-0.2, 0) is 6.54 Å². The number of hydrogen-bond acceptors (Lipinski definition) is 4. The molecule has 0 spiro atoms. The van der Waals surface area contributed by atoms with Gasteiger partial charge in [-0.05, 0) is 127 Å². The number of benzene rings is 3. The van der Waals surface area contributed by atoms with Crippen molar-refractivity contribution in [2.24, 2.45) is 23.2 Å². The first-order valence-corrected chi connectivity index (χ1v) is 15.7. The van der Waals surface area contributed by atoms with Crippen LogP contribution < -0.4 is 10.2 Å². The van der Waals surface area contributed by atoms with Crippen LogP contribution in [0, 0.1) is 30.1 Å². The van der Waals surface area contributed by atoms with Crippen LogP contribution in [0.1, 0.15) is 60.0 Å². The maximum Gasteiger partial charge on any atom is 0.251 e. The molecule has 1 aliphatic heterocycles. The van der Waals surface area contributed by atoms with Crippen molar-refractivity contribution in [3.8, 4) is 16.9 Å². The fraction of sp³-hybridized carbons (Fsp3) is 0.472. The molecule has 41 heavy (non-hydrogen) atoms. The third-order valence-electron chi connectivity index (χ3n) is 10.5. The lowest BCUT2D eigenvalue weighted by Crippen LogP contribution is -2.51. The summed E-state index contributed by atoms with van der Waals surface area (Å²) in [4.78, 5) is 18.0. The number of hydrogen-bond donors (Lipinski definition) is 2. The average Bonchev–Trinajstić information content (AvgIpc) is 2.96. The van der Waals surface area contributed by atoms with Gasteiger partial charge in [-0.3, -0.25) is 9.69 Å². The van der Waals surface area contributed by atoms with Crippen molar-refractivity contribution in [2.45, 2.75) is 52.0 Å². The van der Waals surface area contributed by atoms with Gasteiger partial charge in [0.15, 0.2) is 0 Å². The Morgan fingerprint density at radius 3 is 2.20 bits per heavy atom. The van der Waals surface area contributed by atoms with Crippen LogP contribution in [0.2, 0.25) is 0 Å². The zero-order valence-corrected chi connectivity index (χ0v) is 24.3. The topological polar surface area (TPSA) is 55.8 Å². The summed E-state index contributed by atoms with van der Waals surface area (Å²) in [7, 11) is 0. The smallest absolute Gasteiger partial charge is 0.251 e. The summed E-state index contributed by atoms with van der Waals surface area (Å²) in [6, 6.07) is 22.4. The summed E-state index contributed by atoms with van der Waals surface area (Å²) in [5, 5.41) is 13.2. The number of nitrogens with one attached hydrogen (secondary N) is 1. The van der Waals surface area contributed by atoms with E-state index in [-0.39, 0.29) is 5.91 Å². The molecule has 5 fully saturated rings. The lowest BCUT2D eigenvalue weighted by atomic mass is 9.49. The highest BCUT2D eigenvalue weighted by molar-refractivity contribution is 5.94. The highest BCUT2D eigenvalue weighted by atomic mass is 16.3.